The standard InChI is InChI=1S/C16H20N6O/c1-12(13-2-4-14(17)5-3-13)20-21-15-10-16(19-11-18-15)22-6-8-23-9-7-22/h2-5,10-11H,6-9,17H2,1H3,(H,18,19,21). The second-order valence-electron chi connectivity index (χ2n) is 5.29. The van der Waals surface area contributed by atoms with E-state index in [0.717, 1.165) is 49.1 Å². The van der Waals surface area contributed by atoms with E-state index in [1.807, 2.05) is 37.3 Å². The number of nitrogens with two attached hydrogens (primary N) is 1. The van der Waals surface area contributed by atoms with Crippen LogP contribution in [0.5, 0.6) is 0 Å². The lowest BCUT2D eigenvalue weighted by Crippen LogP contribution is -2.36. The molecule has 7 heteroatoms. The molecule has 0 amide bonds. The molecule has 0 saturated carbocycles. The van der Waals surface area contributed by atoms with Crippen molar-refractivity contribution in [1.82, 2.24) is 9.97 Å². The van der Waals surface area contributed by atoms with E-state index in [1.54, 1.807) is 6.33 Å². The summed E-state index contributed by atoms with van der Waals surface area (Å²) in [5, 5.41) is 4.37. The lowest BCUT2D eigenvalue weighted by Gasteiger charge is -2.27. The fourth-order valence-electron chi connectivity index (χ4n) is 2.30. The number of nitrogens with zero attached hydrogens (tertiary/aromatic N) is 4. The Hall–Kier alpha value is -2.67. The number of hydrogen-bond donors (Lipinski definition) is 2. The molecule has 23 heavy (non-hydrogen) atoms. The molecule has 0 radical (unpaired) electrons. The number of anilines is 3. The first-order valence-corrected chi connectivity index (χ1v) is 7.53. The van der Waals surface area contributed by atoms with Crippen LogP contribution in [0.2, 0.25) is 0 Å². The molecule has 0 bridgehead atoms. The van der Waals surface area contributed by atoms with Crippen molar-refractivity contribution in [2.45, 2.75) is 6.92 Å². The maximum Gasteiger partial charge on any atom is 0.151 e. The lowest BCUT2D eigenvalue weighted by molar-refractivity contribution is 0.122. The van der Waals surface area contributed by atoms with Gasteiger partial charge in [0.1, 0.15) is 12.1 Å². The maximum absolute atomic E-state index is 5.69. The highest BCUT2D eigenvalue weighted by Gasteiger charge is 2.12. The number of rotatable bonds is 4. The highest BCUT2D eigenvalue weighted by atomic mass is 16.5. The molecule has 2 heterocycles. The molecule has 1 aromatic carbocycles. The second kappa shape index (κ2) is 7.06. The zero-order valence-electron chi connectivity index (χ0n) is 13.1. The molecule has 1 aliphatic heterocycles. The molecule has 3 N–H and O–H groups in total. The zero-order chi connectivity index (χ0) is 16.1. The molecule has 0 spiro atoms. The summed E-state index contributed by atoms with van der Waals surface area (Å²) in [6.45, 7) is 5.05. The average molecular weight is 312 g/mol. The second-order valence-corrected chi connectivity index (χ2v) is 5.29. The van der Waals surface area contributed by atoms with Gasteiger partial charge in [-0.15, -0.1) is 0 Å². The monoisotopic (exact) mass is 312 g/mol. The Morgan fingerprint density at radius 3 is 2.70 bits per heavy atom. The minimum Gasteiger partial charge on any atom is -0.399 e. The van der Waals surface area contributed by atoms with E-state index in [1.165, 1.54) is 0 Å². The highest BCUT2D eigenvalue weighted by molar-refractivity contribution is 5.99. The van der Waals surface area contributed by atoms with Gasteiger partial charge in [-0.25, -0.2) is 9.97 Å². The Kier molecular flexibility index (Phi) is 4.68. The SMILES string of the molecule is CC(=NNc1cc(N2CCOCC2)ncn1)c1ccc(N)cc1. The van der Waals surface area contributed by atoms with Gasteiger partial charge in [0.05, 0.1) is 18.9 Å². The molecule has 1 saturated heterocycles. The van der Waals surface area contributed by atoms with Crippen LogP contribution in [-0.4, -0.2) is 42.0 Å². The smallest absolute Gasteiger partial charge is 0.151 e. The van der Waals surface area contributed by atoms with Crippen LogP contribution in [0.15, 0.2) is 41.8 Å². The molecule has 0 unspecified atom stereocenters. The Bertz CT molecular complexity index is 679. The highest BCUT2D eigenvalue weighted by Crippen LogP contribution is 2.15. The Morgan fingerprint density at radius 1 is 1.22 bits per heavy atom. The van der Waals surface area contributed by atoms with Gasteiger partial charge >= 0.3 is 0 Å². The Labute approximate surface area is 135 Å². The number of hydrogen-bond acceptors (Lipinski definition) is 7. The fourth-order valence-corrected chi connectivity index (χ4v) is 2.30. The van der Waals surface area contributed by atoms with Gasteiger partial charge in [0.25, 0.3) is 0 Å². The van der Waals surface area contributed by atoms with Crippen LogP contribution in [0.1, 0.15) is 12.5 Å². The molecule has 2 aromatic rings. The number of morpholine rings is 1. The first kappa shape index (κ1) is 15.2. The van der Waals surface area contributed by atoms with Crippen LogP contribution in [-0.2, 0) is 4.74 Å². The third-order valence-corrected chi connectivity index (χ3v) is 3.65. The summed E-state index contributed by atoms with van der Waals surface area (Å²) in [6, 6.07) is 9.49. The van der Waals surface area contributed by atoms with Gasteiger partial charge in [0, 0.05) is 24.8 Å². The van der Waals surface area contributed by atoms with Crippen molar-refractivity contribution in [3.05, 3.63) is 42.2 Å². The van der Waals surface area contributed by atoms with Crippen LogP contribution in [0, 0.1) is 0 Å². The van der Waals surface area contributed by atoms with E-state index < -0.39 is 0 Å². The van der Waals surface area contributed by atoms with E-state index in [-0.39, 0.29) is 0 Å². The first-order valence-electron chi connectivity index (χ1n) is 7.53. The average Bonchev–Trinajstić information content (AvgIpc) is 2.61. The minimum absolute atomic E-state index is 0.663. The van der Waals surface area contributed by atoms with Crippen molar-refractivity contribution in [3.8, 4) is 0 Å². The molecule has 1 aliphatic rings. The Morgan fingerprint density at radius 2 is 1.96 bits per heavy atom. The van der Waals surface area contributed by atoms with Crippen LogP contribution in [0.25, 0.3) is 0 Å². The fraction of sp³-hybridized carbons (Fsp3) is 0.312. The topological polar surface area (TPSA) is 88.7 Å². The summed E-state index contributed by atoms with van der Waals surface area (Å²) in [5.41, 5.74) is 11.3. The van der Waals surface area contributed by atoms with E-state index in [2.05, 4.69) is 25.4 Å². The lowest BCUT2D eigenvalue weighted by atomic mass is 10.1. The van der Waals surface area contributed by atoms with Gasteiger partial charge in [0.15, 0.2) is 5.82 Å². The summed E-state index contributed by atoms with van der Waals surface area (Å²) in [5.74, 6) is 1.54. The molecule has 3 rings (SSSR count). The number of ether oxygens (including phenoxy) is 1. The van der Waals surface area contributed by atoms with Crippen molar-refractivity contribution in [2.24, 2.45) is 5.10 Å². The van der Waals surface area contributed by atoms with E-state index in [4.69, 9.17) is 10.5 Å². The van der Waals surface area contributed by atoms with Crippen molar-refractivity contribution >= 4 is 23.0 Å². The van der Waals surface area contributed by atoms with Crippen LogP contribution in [0.3, 0.4) is 0 Å². The molecule has 7 nitrogen and oxygen atoms in total. The van der Waals surface area contributed by atoms with E-state index in [0.29, 0.717) is 5.82 Å². The third-order valence-electron chi connectivity index (χ3n) is 3.65. The predicted octanol–water partition coefficient (Wildman–Crippen LogP) is 1.73. The van der Waals surface area contributed by atoms with Crippen molar-refractivity contribution < 1.29 is 4.74 Å². The molecule has 1 fully saturated rings. The summed E-state index contributed by atoms with van der Waals surface area (Å²) in [7, 11) is 0. The van der Waals surface area contributed by atoms with E-state index >= 15 is 0 Å². The van der Waals surface area contributed by atoms with Crippen molar-refractivity contribution in [3.63, 3.8) is 0 Å². The molecule has 120 valence electrons. The van der Waals surface area contributed by atoms with Crippen LogP contribution in [0.4, 0.5) is 17.3 Å². The number of aromatic nitrogens is 2. The van der Waals surface area contributed by atoms with Crippen LogP contribution >= 0.6 is 0 Å². The predicted molar refractivity (Wildman–Crippen MR) is 91.8 cm³/mol. The normalized spacial score (nSPS) is 15.5. The van der Waals surface area contributed by atoms with Crippen molar-refractivity contribution in [1.29, 1.82) is 0 Å². The quantitative estimate of drug-likeness (QED) is 0.508. The minimum atomic E-state index is 0.663. The Balaban J connectivity index is 1.70. The number of benzene rings is 1. The molecular formula is C16H20N6O. The van der Waals surface area contributed by atoms with Gasteiger partial charge in [-0.05, 0) is 24.6 Å². The summed E-state index contributed by atoms with van der Waals surface area (Å²) >= 11 is 0. The largest absolute Gasteiger partial charge is 0.399 e. The van der Waals surface area contributed by atoms with E-state index in [9.17, 15) is 0 Å². The van der Waals surface area contributed by atoms with Crippen LogP contribution < -0.4 is 16.1 Å². The number of nitrogens with one attached hydrogen (secondary N) is 1. The first-order chi connectivity index (χ1) is 11.2. The van der Waals surface area contributed by atoms with Gasteiger partial charge in [0.2, 0.25) is 0 Å². The van der Waals surface area contributed by atoms with Gasteiger partial charge in [-0.1, -0.05) is 12.1 Å². The zero-order valence-corrected chi connectivity index (χ0v) is 13.1. The molecule has 0 atom stereocenters. The van der Waals surface area contributed by atoms with Crippen molar-refractivity contribution in [2.75, 3.05) is 42.4 Å². The number of hydrazone groups is 1. The van der Waals surface area contributed by atoms with Gasteiger partial charge in [-0.2, -0.15) is 5.10 Å². The summed E-state index contributed by atoms with van der Waals surface area (Å²) < 4.78 is 5.36. The molecule has 1 aromatic heterocycles. The maximum atomic E-state index is 5.69. The third kappa shape index (κ3) is 3.95. The van der Waals surface area contributed by atoms with Gasteiger partial charge in [-0.3, -0.25) is 5.43 Å². The number of nitrogen functional groups attached to an aromatic ring is 1. The van der Waals surface area contributed by atoms with Gasteiger partial charge < -0.3 is 15.4 Å². The molecular weight excluding hydrogens is 292 g/mol. The summed E-state index contributed by atoms with van der Waals surface area (Å²) in [4.78, 5) is 10.7. The summed E-state index contributed by atoms with van der Waals surface area (Å²) in [6.07, 6.45) is 1.54. The molecule has 0 aliphatic carbocycles.